The summed E-state index contributed by atoms with van der Waals surface area (Å²) in [7, 11) is 0. The highest BCUT2D eigenvalue weighted by Gasteiger charge is 2.16. The third kappa shape index (κ3) is 6.10. The van der Waals surface area contributed by atoms with E-state index >= 15 is 0 Å². The molecule has 0 radical (unpaired) electrons. The number of nitrogens with zero attached hydrogens (tertiary/aromatic N) is 1. The highest BCUT2D eigenvalue weighted by Crippen LogP contribution is 2.26. The molecular formula is C19H20N2O5S. The van der Waals surface area contributed by atoms with Crippen molar-refractivity contribution in [2.75, 3.05) is 5.32 Å². The average molecular weight is 388 g/mol. The predicted molar refractivity (Wildman–Crippen MR) is 104 cm³/mol. The van der Waals surface area contributed by atoms with E-state index < -0.39 is 22.1 Å². The minimum absolute atomic E-state index is 0.00811. The van der Waals surface area contributed by atoms with Crippen LogP contribution in [-0.2, 0) is 16.0 Å². The molecule has 27 heavy (non-hydrogen) atoms. The van der Waals surface area contributed by atoms with Gasteiger partial charge < -0.3 is 10.4 Å². The van der Waals surface area contributed by atoms with Crippen molar-refractivity contribution in [2.24, 2.45) is 5.92 Å². The van der Waals surface area contributed by atoms with Gasteiger partial charge in [0.1, 0.15) is 0 Å². The third-order valence-electron chi connectivity index (χ3n) is 3.91. The molecule has 1 amide bonds. The lowest BCUT2D eigenvalue weighted by atomic mass is 10.0. The smallest absolute Gasteiger partial charge is 0.306 e. The molecular weight excluding hydrogens is 368 g/mol. The minimum Gasteiger partial charge on any atom is -0.481 e. The lowest BCUT2D eigenvalue weighted by molar-refractivity contribution is -0.384. The Labute approximate surface area is 160 Å². The maximum absolute atomic E-state index is 12.3. The molecule has 0 heterocycles. The number of amides is 1. The molecule has 2 atom stereocenters. The van der Waals surface area contributed by atoms with Crippen LogP contribution in [0.4, 0.5) is 11.4 Å². The number of nitrogens with one attached hydrogen (secondary N) is 1. The number of thioether (sulfide) groups is 1. The highest BCUT2D eigenvalue weighted by molar-refractivity contribution is 8.00. The van der Waals surface area contributed by atoms with Gasteiger partial charge in [0.05, 0.1) is 16.1 Å². The van der Waals surface area contributed by atoms with Crippen molar-refractivity contribution in [3.8, 4) is 0 Å². The fraction of sp³-hybridized carbons (Fsp3) is 0.263. The Morgan fingerprint density at radius 3 is 2.22 bits per heavy atom. The number of carboxylic acids is 1. The van der Waals surface area contributed by atoms with E-state index in [-0.39, 0.29) is 11.6 Å². The summed E-state index contributed by atoms with van der Waals surface area (Å²) >= 11 is 1.31. The minimum atomic E-state index is -0.843. The fourth-order valence-electron chi connectivity index (χ4n) is 2.31. The van der Waals surface area contributed by atoms with Crippen LogP contribution < -0.4 is 5.32 Å². The summed E-state index contributed by atoms with van der Waals surface area (Å²) in [6.45, 7) is 3.40. The highest BCUT2D eigenvalue weighted by atomic mass is 32.2. The quantitative estimate of drug-likeness (QED) is 0.402. The number of anilines is 1. The first-order valence-electron chi connectivity index (χ1n) is 8.30. The van der Waals surface area contributed by atoms with Crippen molar-refractivity contribution in [1.29, 1.82) is 0 Å². The second-order valence-electron chi connectivity index (χ2n) is 6.14. The molecule has 142 valence electrons. The molecule has 2 N–H and O–H groups in total. The normalized spacial score (nSPS) is 12.8. The maximum Gasteiger partial charge on any atom is 0.306 e. The van der Waals surface area contributed by atoms with E-state index in [1.807, 2.05) is 0 Å². The number of hydrogen-bond donors (Lipinski definition) is 2. The van der Waals surface area contributed by atoms with E-state index in [0.717, 1.165) is 10.5 Å². The van der Waals surface area contributed by atoms with Gasteiger partial charge in [-0.25, -0.2) is 0 Å². The van der Waals surface area contributed by atoms with Gasteiger partial charge in [-0.3, -0.25) is 19.7 Å². The number of carbonyl (C=O) groups excluding carboxylic acids is 1. The summed E-state index contributed by atoms with van der Waals surface area (Å²) in [6, 6.07) is 13.1. The zero-order valence-electron chi connectivity index (χ0n) is 14.9. The molecule has 0 aliphatic carbocycles. The zero-order valence-corrected chi connectivity index (χ0v) is 15.7. The number of non-ortho nitro benzene ring substituents is 1. The second-order valence-corrected chi connectivity index (χ2v) is 7.55. The Morgan fingerprint density at radius 2 is 1.70 bits per heavy atom. The maximum atomic E-state index is 12.3. The Bertz CT molecular complexity index is 821. The molecule has 7 nitrogen and oxygen atoms in total. The average Bonchev–Trinajstić information content (AvgIpc) is 2.63. The van der Waals surface area contributed by atoms with Crippen molar-refractivity contribution >= 4 is 35.0 Å². The van der Waals surface area contributed by atoms with E-state index in [9.17, 15) is 19.7 Å². The number of benzene rings is 2. The van der Waals surface area contributed by atoms with Gasteiger partial charge in [0.25, 0.3) is 5.69 Å². The molecule has 8 heteroatoms. The van der Waals surface area contributed by atoms with Crippen LogP contribution in [0.25, 0.3) is 0 Å². The largest absolute Gasteiger partial charge is 0.481 e. The molecule has 0 saturated heterocycles. The van der Waals surface area contributed by atoms with Gasteiger partial charge in [-0.05, 0) is 43.2 Å². The van der Waals surface area contributed by atoms with E-state index in [1.54, 1.807) is 50.2 Å². The standard InChI is InChI=1S/C19H20N2O5S/c1-12(19(23)24)11-14-3-5-15(6-4-14)20-18(22)13(2)27-17-9-7-16(8-10-17)21(25)26/h3-10,12-13H,11H2,1-2H3,(H,20,22)(H,23,24). The Hall–Kier alpha value is -2.87. The molecule has 2 aromatic carbocycles. The molecule has 0 bridgehead atoms. The summed E-state index contributed by atoms with van der Waals surface area (Å²) in [6.07, 6.45) is 0.427. The number of aliphatic carboxylic acids is 1. The molecule has 2 unspecified atom stereocenters. The third-order valence-corrected chi connectivity index (χ3v) is 5.03. The summed E-state index contributed by atoms with van der Waals surface area (Å²) in [5.74, 6) is -1.50. The molecule has 0 saturated carbocycles. The van der Waals surface area contributed by atoms with Crippen LogP contribution >= 0.6 is 11.8 Å². The molecule has 2 aromatic rings. The van der Waals surface area contributed by atoms with Gasteiger partial charge in [-0.1, -0.05) is 19.1 Å². The Morgan fingerprint density at radius 1 is 1.11 bits per heavy atom. The summed E-state index contributed by atoms with van der Waals surface area (Å²) < 4.78 is 0. The topological polar surface area (TPSA) is 110 Å². The molecule has 0 aromatic heterocycles. The number of rotatable bonds is 8. The lowest BCUT2D eigenvalue weighted by Gasteiger charge is -2.13. The van der Waals surface area contributed by atoms with Crippen molar-refractivity contribution < 1.29 is 19.6 Å². The van der Waals surface area contributed by atoms with Crippen LogP contribution in [0, 0.1) is 16.0 Å². The van der Waals surface area contributed by atoms with Crippen LogP contribution in [-0.4, -0.2) is 27.2 Å². The number of nitro groups is 1. The van der Waals surface area contributed by atoms with Crippen molar-refractivity contribution in [1.82, 2.24) is 0 Å². The molecule has 2 rings (SSSR count). The van der Waals surface area contributed by atoms with Crippen LogP contribution in [0.5, 0.6) is 0 Å². The van der Waals surface area contributed by atoms with E-state index in [0.29, 0.717) is 12.1 Å². The first-order chi connectivity index (χ1) is 12.8. The van der Waals surface area contributed by atoms with Gasteiger partial charge in [-0.15, -0.1) is 11.8 Å². The van der Waals surface area contributed by atoms with Crippen molar-refractivity contribution in [2.45, 2.75) is 30.4 Å². The monoisotopic (exact) mass is 388 g/mol. The van der Waals surface area contributed by atoms with Gasteiger partial charge in [0.15, 0.2) is 0 Å². The SMILES string of the molecule is CC(Cc1ccc(NC(=O)C(C)Sc2ccc([N+](=O)[O-])cc2)cc1)C(=O)O. The van der Waals surface area contributed by atoms with Gasteiger partial charge >= 0.3 is 5.97 Å². The van der Waals surface area contributed by atoms with Crippen LogP contribution in [0.3, 0.4) is 0 Å². The second kappa shape index (κ2) is 9.18. The predicted octanol–water partition coefficient (Wildman–Crippen LogP) is 3.98. The van der Waals surface area contributed by atoms with Crippen LogP contribution in [0.2, 0.25) is 0 Å². The number of carbonyl (C=O) groups is 2. The molecule has 0 fully saturated rings. The van der Waals surface area contributed by atoms with Gasteiger partial charge in [0.2, 0.25) is 5.91 Å². The molecule has 0 aliphatic rings. The lowest BCUT2D eigenvalue weighted by Crippen LogP contribution is -2.22. The fourth-order valence-corrected chi connectivity index (χ4v) is 3.18. The number of carboxylic acid groups (broad SMARTS) is 1. The van der Waals surface area contributed by atoms with Crippen LogP contribution in [0.15, 0.2) is 53.4 Å². The number of hydrogen-bond acceptors (Lipinski definition) is 5. The van der Waals surface area contributed by atoms with Crippen molar-refractivity contribution in [3.63, 3.8) is 0 Å². The summed E-state index contributed by atoms with van der Waals surface area (Å²) in [5, 5.41) is 22.0. The molecule has 0 spiro atoms. The summed E-state index contributed by atoms with van der Waals surface area (Å²) in [5.41, 5.74) is 1.52. The van der Waals surface area contributed by atoms with Gasteiger partial charge in [0, 0.05) is 22.7 Å². The first kappa shape index (κ1) is 20.4. The first-order valence-corrected chi connectivity index (χ1v) is 9.18. The summed E-state index contributed by atoms with van der Waals surface area (Å²) in [4.78, 5) is 34.2. The van der Waals surface area contributed by atoms with E-state index in [1.165, 1.54) is 23.9 Å². The Kier molecular flexibility index (Phi) is 6.95. The van der Waals surface area contributed by atoms with E-state index in [2.05, 4.69) is 5.32 Å². The number of nitro benzene ring substituents is 1. The molecule has 0 aliphatic heterocycles. The van der Waals surface area contributed by atoms with Gasteiger partial charge in [-0.2, -0.15) is 0 Å². The van der Waals surface area contributed by atoms with Crippen molar-refractivity contribution in [3.05, 3.63) is 64.2 Å². The van der Waals surface area contributed by atoms with E-state index in [4.69, 9.17) is 5.11 Å². The van der Waals surface area contributed by atoms with Crippen LogP contribution in [0.1, 0.15) is 19.4 Å². The Balaban J connectivity index is 1.91. The zero-order chi connectivity index (χ0) is 20.0.